The average molecular weight is 1200 g/mol. The number of esters is 6. The molecule has 18 nitrogen and oxygen atoms in total. The summed E-state index contributed by atoms with van der Waals surface area (Å²) in [4.78, 5) is 80.9. The molecule has 2 aliphatic rings. The zero-order chi connectivity index (χ0) is 62.5. The topological polar surface area (TPSA) is 213 Å². The van der Waals surface area contributed by atoms with Gasteiger partial charge in [-0.1, -0.05) is 86.0 Å². The maximum Gasteiger partial charge on any atom is 0.343 e. The van der Waals surface area contributed by atoms with Crippen LogP contribution in [0.4, 0.5) is 0 Å². The van der Waals surface area contributed by atoms with Crippen LogP contribution in [0.3, 0.4) is 0 Å². The number of benzene rings is 6. The zero-order valence-electron chi connectivity index (χ0n) is 50.0. The van der Waals surface area contributed by atoms with E-state index in [2.05, 4.69) is 13.2 Å². The first-order chi connectivity index (χ1) is 42.5. The van der Waals surface area contributed by atoms with Crippen molar-refractivity contribution < 1.29 is 85.6 Å². The summed E-state index contributed by atoms with van der Waals surface area (Å²) in [6, 6.07) is 40.7. The lowest BCUT2D eigenvalue weighted by atomic mass is 10.0. The van der Waals surface area contributed by atoms with E-state index in [1.165, 1.54) is 24.3 Å². The minimum atomic E-state index is -1.63. The van der Waals surface area contributed by atoms with E-state index in [0.717, 1.165) is 74.6 Å². The molecule has 0 aromatic heterocycles. The molecule has 8 rings (SSSR count). The van der Waals surface area contributed by atoms with Crippen LogP contribution in [-0.4, -0.2) is 111 Å². The molecule has 0 aliphatic carbocycles. The molecule has 4 unspecified atom stereocenters. The van der Waals surface area contributed by atoms with Gasteiger partial charge in [-0.2, -0.15) is 0 Å². The van der Waals surface area contributed by atoms with Gasteiger partial charge in [0.2, 0.25) is 0 Å². The SMILES string of the molecule is C=CC(=O)OCCCCCCOc1ccc(C(=O)Oc2ccc(-c3ccccc3)cc2C(=O)OC(C2OCC(C)(C)O2)C(OC(=O)c2cc(-c3ccccc3)ccc2OC(=O)c2ccc(OCCCCCCOC(=O)C=C)cc2)C2OCC(C)(C)O2)cc1. The summed E-state index contributed by atoms with van der Waals surface area (Å²) < 4.78 is 72.0. The van der Waals surface area contributed by atoms with Crippen LogP contribution in [0.2, 0.25) is 0 Å². The first-order valence-electron chi connectivity index (χ1n) is 29.4. The number of hydrogen-bond donors (Lipinski definition) is 0. The fraction of sp³-hybridized carbons (Fsp3) is 0.343. The van der Waals surface area contributed by atoms with Crippen molar-refractivity contribution in [2.75, 3.05) is 39.6 Å². The lowest BCUT2D eigenvalue weighted by Crippen LogP contribution is -2.51. The Morgan fingerprint density at radius 2 is 0.818 bits per heavy atom. The zero-order valence-corrected chi connectivity index (χ0v) is 50.0. The van der Waals surface area contributed by atoms with Gasteiger partial charge < -0.3 is 56.8 Å². The smallest absolute Gasteiger partial charge is 0.343 e. The van der Waals surface area contributed by atoms with Gasteiger partial charge in [0, 0.05) is 12.2 Å². The molecular weight excluding hydrogens is 1130 g/mol. The second-order valence-electron chi connectivity index (χ2n) is 22.1. The van der Waals surface area contributed by atoms with E-state index in [1.807, 2.05) is 60.7 Å². The fourth-order valence-electron chi connectivity index (χ4n) is 9.41. The summed E-state index contributed by atoms with van der Waals surface area (Å²) in [7, 11) is 0. The number of carbonyl (C=O) groups excluding carboxylic acids is 6. The molecule has 2 heterocycles. The van der Waals surface area contributed by atoms with Gasteiger partial charge in [0.05, 0.1) is 62.0 Å². The first kappa shape index (κ1) is 65.0. The van der Waals surface area contributed by atoms with Crippen LogP contribution in [0.25, 0.3) is 22.3 Å². The fourth-order valence-corrected chi connectivity index (χ4v) is 9.41. The third-order valence-corrected chi connectivity index (χ3v) is 14.0. The molecule has 462 valence electrons. The molecule has 2 aliphatic heterocycles. The maximum absolute atomic E-state index is 15.2. The molecule has 0 N–H and O–H groups in total. The largest absolute Gasteiger partial charge is 0.494 e. The normalized spacial score (nSPS) is 16.2. The van der Waals surface area contributed by atoms with E-state index in [-0.39, 0.29) is 47.0 Å². The molecule has 6 aromatic rings. The van der Waals surface area contributed by atoms with Crippen LogP contribution in [0.15, 0.2) is 171 Å². The highest BCUT2D eigenvalue weighted by atomic mass is 16.8. The summed E-state index contributed by atoms with van der Waals surface area (Å²) in [5.74, 6) is -3.72. The molecule has 0 radical (unpaired) electrons. The Morgan fingerprint density at radius 3 is 1.16 bits per heavy atom. The highest BCUT2D eigenvalue weighted by Gasteiger charge is 2.52. The van der Waals surface area contributed by atoms with Crippen molar-refractivity contribution in [2.45, 2.75) is 115 Å². The molecule has 0 bridgehead atoms. The van der Waals surface area contributed by atoms with E-state index in [0.29, 0.717) is 49.1 Å². The Bertz CT molecular complexity index is 3120. The second-order valence-corrected chi connectivity index (χ2v) is 22.1. The van der Waals surface area contributed by atoms with Gasteiger partial charge in [-0.25, -0.2) is 28.8 Å². The molecule has 18 heteroatoms. The molecule has 2 fully saturated rings. The summed E-state index contributed by atoms with van der Waals surface area (Å²) in [6.45, 7) is 15.5. The second kappa shape index (κ2) is 31.6. The van der Waals surface area contributed by atoms with Gasteiger partial charge in [0.1, 0.15) is 34.1 Å². The predicted octanol–water partition coefficient (Wildman–Crippen LogP) is 12.8. The number of carbonyl (C=O) groups is 6. The minimum Gasteiger partial charge on any atom is -0.494 e. The number of hydrogen-bond acceptors (Lipinski definition) is 18. The van der Waals surface area contributed by atoms with Crippen LogP contribution in [0, 0.1) is 0 Å². The monoisotopic (exact) mass is 1200 g/mol. The summed E-state index contributed by atoms with van der Waals surface area (Å²) in [5.41, 5.74) is 0.799. The third-order valence-electron chi connectivity index (χ3n) is 14.0. The molecule has 88 heavy (non-hydrogen) atoms. The van der Waals surface area contributed by atoms with E-state index in [1.54, 1.807) is 88.4 Å². The summed E-state index contributed by atoms with van der Waals surface area (Å²) in [6.07, 6.45) is 2.62. The average Bonchev–Trinajstić information content (AvgIpc) is 3.66. The van der Waals surface area contributed by atoms with Gasteiger partial charge in [0.25, 0.3) is 0 Å². The van der Waals surface area contributed by atoms with Crippen molar-refractivity contribution in [3.63, 3.8) is 0 Å². The van der Waals surface area contributed by atoms with Crippen LogP contribution >= 0.6 is 0 Å². The van der Waals surface area contributed by atoms with Gasteiger partial charge in [-0.3, -0.25) is 0 Å². The Kier molecular flexibility index (Phi) is 23.4. The standard InChI is InChI=1S/C70H74O18/c1-7-59(71)79-41-21-11-9-19-39-77-53-33-27-49(28-34-53)63(73)83-57-37-31-51(47-23-15-13-16-24-47)43-55(57)65(75)85-61(67-81-45-69(3,4)87-67)62(68-82-46-70(5,6)88-68)86-66(76)56-44-52(48-25-17-14-18-26-48)32-38-58(56)84-64(74)50-29-35-54(36-30-50)78-40-20-10-12-22-42-80-60(72)8-2/h7-8,13-18,23-38,43-44,61-62,67-68H,1-2,9-12,19-22,39-42,45-46H2,3-6H3. The predicted molar refractivity (Wildman–Crippen MR) is 325 cm³/mol. The molecule has 2 saturated heterocycles. The Morgan fingerprint density at radius 1 is 0.455 bits per heavy atom. The third kappa shape index (κ3) is 19.0. The molecule has 0 spiro atoms. The quantitative estimate of drug-likeness (QED) is 0.0130. The highest BCUT2D eigenvalue weighted by molar-refractivity contribution is 5.99. The van der Waals surface area contributed by atoms with Crippen LogP contribution < -0.4 is 18.9 Å². The highest BCUT2D eigenvalue weighted by Crippen LogP contribution is 2.37. The van der Waals surface area contributed by atoms with Crippen molar-refractivity contribution in [1.82, 2.24) is 0 Å². The van der Waals surface area contributed by atoms with Gasteiger partial charge in [-0.15, -0.1) is 0 Å². The van der Waals surface area contributed by atoms with Crippen molar-refractivity contribution in [2.24, 2.45) is 0 Å². The van der Waals surface area contributed by atoms with Crippen molar-refractivity contribution in [1.29, 1.82) is 0 Å². The summed E-state index contributed by atoms with van der Waals surface area (Å²) in [5, 5.41) is 0. The molecule has 0 amide bonds. The van der Waals surface area contributed by atoms with Crippen LogP contribution in [0.1, 0.15) is 120 Å². The molecule has 0 saturated carbocycles. The maximum atomic E-state index is 15.2. The summed E-state index contributed by atoms with van der Waals surface area (Å²) >= 11 is 0. The molecular formula is C70H74O18. The number of ether oxygens (including phenoxy) is 12. The van der Waals surface area contributed by atoms with E-state index in [9.17, 15) is 19.2 Å². The number of rotatable bonds is 31. The first-order valence-corrected chi connectivity index (χ1v) is 29.4. The lowest BCUT2D eigenvalue weighted by molar-refractivity contribution is -0.225. The van der Waals surface area contributed by atoms with Gasteiger partial charge in [-0.05, 0) is 174 Å². The molecule has 4 atom stereocenters. The van der Waals surface area contributed by atoms with Crippen molar-refractivity contribution in [3.8, 4) is 45.3 Å². The van der Waals surface area contributed by atoms with Crippen LogP contribution in [0.5, 0.6) is 23.0 Å². The van der Waals surface area contributed by atoms with Gasteiger partial charge >= 0.3 is 35.8 Å². The van der Waals surface area contributed by atoms with Crippen molar-refractivity contribution >= 4 is 35.8 Å². The van der Waals surface area contributed by atoms with E-state index >= 15 is 9.59 Å². The van der Waals surface area contributed by atoms with Crippen LogP contribution in [-0.2, 0) is 47.5 Å². The lowest BCUT2D eigenvalue weighted by Gasteiger charge is -2.33. The van der Waals surface area contributed by atoms with Crippen molar-refractivity contribution in [3.05, 3.63) is 193 Å². The Labute approximate surface area is 512 Å². The Balaban J connectivity index is 1.04. The molecule has 6 aromatic carbocycles. The van der Waals surface area contributed by atoms with Gasteiger partial charge in [0.15, 0.2) is 24.8 Å². The minimum absolute atomic E-state index is 0.0430. The van der Waals surface area contributed by atoms with E-state index in [4.69, 9.17) is 56.8 Å². The van der Waals surface area contributed by atoms with E-state index < -0.39 is 71.8 Å². The number of unbranched alkanes of at least 4 members (excludes halogenated alkanes) is 6. The Hall–Kier alpha value is -8.94.